The molecule has 1 atom stereocenters. The molecule has 1 aromatic heterocycles. The van der Waals surface area contributed by atoms with E-state index in [-0.39, 0.29) is 10.9 Å². The molecule has 114 valence electrons. The first kappa shape index (κ1) is 17.2. The van der Waals surface area contributed by atoms with Crippen molar-refractivity contribution in [2.75, 3.05) is 18.9 Å². The van der Waals surface area contributed by atoms with E-state index in [2.05, 4.69) is 10.3 Å². The molecule has 1 aromatic rings. The van der Waals surface area contributed by atoms with Crippen LogP contribution < -0.4 is 5.32 Å². The normalized spacial score (nSPS) is 13.5. The lowest BCUT2D eigenvalue weighted by Crippen LogP contribution is -2.34. The molecule has 0 saturated carbocycles. The zero-order valence-electron chi connectivity index (χ0n) is 12.4. The van der Waals surface area contributed by atoms with E-state index in [4.69, 9.17) is 11.6 Å². The van der Waals surface area contributed by atoms with Crippen LogP contribution in [0.2, 0.25) is 5.02 Å². The van der Waals surface area contributed by atoms with Crippen molar-refractivity contribution >= 4 is 27.4 Å². The summed E-state index contributed by atoms with van der Waals surface area (Å²) in [4.78, 5) is 4.22. The van der Waals surface area contributed by atoms with Gasteiger partial charge in [-0.15, -0.1) is 0 Å². The SMILES string of the molecule is CCCNc1ncc(S(=O)(=O)N(C)C(C)CC)cc1Cl. The van der Waals surface area contributed by atoms with Gasteiger partial charge in [0.25, 0.3) is 0 Å². The Labute approximate surface area is 126 Å². The van der Waals surface area contributed by atoms with Crippen LogP contribution in [0.1, 0.15) is 33.6 Å². The van der Waals surface area contributed by atoms with E-state index >= 15 is 0 Å². The van der Waals surface area contributed by atoms with E-state index < -0.39 is 10.0 Å². The van der Waals surface area contributed by atoms with Gasteiger partial charge in [0.05, 0.1) is 5.02 Å². The molecule has 0 aliphatic heterocycles. The quantitative estimate of drug-likeness (QED) is 0.839. The number of hydrogen-bond acceptors (Lipinski definition) is 4. The number of nitrogens with one attached hydrogen (secondary N) is 1. The van der Waals surface area contributed by atoms with Crippen LogP contribution in [0.4, 0.5) is 5.82 Å². The molecule has 7 heteroatoms. The van der Waals surface area contributed by atoms with E-state index in [1.165, 1.54) is 16.6 Å². The van der Waals surface area contributed by atoms with Crippen LogP contribution in [-0.4, -0.2) is 37.3 Å². The Morgan fingerprint density at radius 1 is 1.45 bits per heavy atom. The number of pyridine rings is 1. The van der Waals surface area contributed by atoms with Gasteiger partial charge in [-0.3, -0.25) is 0 Å². The second-order valence-corrected chi connectivity index (χ2v) is 7.11. The summed E-state index contributed by atoms with van der Waals surface area (Å²) in [5.74, 6) is 0.513. The maximum absolute atomic E-state index is 12.4. The van der Waals surface area contributed by atoms with Crippen LogP contribution in [-0.2, 0) is 10.0 Å². The minimum Gasteiger partial charge on any atom is -0.369 e. The van der Waals surface area contributed by atoms with Crippen LogP contribution in [0.15, 0.2) is 17.2 Å². The molecule has 0 aliphatic carbocycles. The zero-order valence-corrected chi connectivity index (χ0v) is 13.9. The van der Waals surface area contributed by atoms with E-state index in [0.717, 1.165) is 19.4 Å². The number of sulfonamides is 1. The van der Waals surface area contributed by atoms with Crippen molar-refractivity contribution in [3.05, 3.63) is 17.3 Å². The lowest BCUT2D eigenvalue weighted by molar-refractivity contribution is 0.380. The van der Waals surface area contributed by atoms with Crippen LogP contribution in [0.5, 0.6) is 0 Å². The predicted molar refractivity (Wildman–Crippen MR) is 82.7 cm³/mol. The third-order valence-corrected chi connectivity index (χ3v) is 5.47. The summed E-state index contributed by atoms with van der Waals surface area (Å²) in [6, 6.07) is 1.37. The molecule has 1 rings (SSSR count). The monoisotopic (exact) mass is 319 g/mol. The smallest absolute Gasteiger partial charge is 0.244 e. The lowest BCUT2D eigenvalue weighted by atomic mass is 10.3. The fourth-order valence-electron chi connectivity index (χ4n) is 1.60. The highest BCUT2D eigenvalue weighted by molar-refractivity contribution is 7.89. The summed E-state index contributed by atoms with van der Waals surface area (Å²) >= 11 is 6.08. The molecule has 1 heterocycles. The molecule has 5 nitrogen and oxygen atoms in total. The number of hydrogen-bond donors (Lipinski definition) is 1. The second kappa shape index (κ2) is 7.24. The van der Waals surface area contributed by atoms with Crippen molar-refractivity contribution in [1.29, 1.82) is 0 Å². The van der Waals surface area contributed by atoms with Crippen LogP contribution in [0, 0.1) is 0 Å². The number of aromatic nitrogens is 1. The summed E-state index contributed by atoms with van der Waals surface area (Å²) in [6.45, 7) is 6.58. The average Bonchev–Trinajstić information content (AvgIpc) is 2.44. The van der Waals surface area contributed by atoms with E-state index in [0.29, 0.717) is 10.8 Å². The fraction of sp³-hybridized carbons (Fsp3) is 0.615. The first-order valence-corrected chi connectivity index (χ1v) is 8.53. The minimum absolute atomic E-state index is 0.0725. The van der Waals surface area contributed by atoms with Crippen molar-refractivity contribution in [1.82, 2.24) is 9.29 Å². The minimum atomic E-state index is -3.55. The third-order valence-electron chi connectivity index (χ3n) is 3.25. The van der Waals surface area contributed by atoms with Crippen molar-refractivity contribution in [2.24, 2.45) is 0 Å². The molecular weight excluding hydrogens is 298 g/mol. The van der Waals surface area contributed by atoms with Crippen molar-refractivity contribution in [3.63, 3.8) is 0 Å². The average molecular weight is 320 g/mol. The third kappa shape index (κ3) is 3.84. The maximum atomic E-state index is 12.4. The Balaban J connectivity index is 3.05. The Morgan fingerprint density at radius 2 is 2.10 bits per heavy atom. The summed E-state index contributed by atoms with van der Waals surface area (Å²) in [5, 5.41) is 3.37. The van der Waals surface area contributed by atoms with E-state index in [9.17, 15) is 8.42 Å². The fourth-order valence-corrected chi connectivity index (χ4v) is 3.30. The predicted octanol–water partition coefficient (Wildman–Crippen LogP) is 2.98. The first-order valence-electron chi connectivity index (χ1n) is 6.72. The first-order chi connectivity index (χ1) is 9.34. The highest BCUT2D eigenvalue weighted by Gasteiger charge is 2.25. The molecule has 0 radical (unpaired) electrons. The molecule has 0 saturated heterocycles. The molecule has 1 unspecified atom stereocenters. The van der Waals surface area contributed by atoms with Crippen molar-refractivity contribution < 1.29 is 8.42 Å². The van der Waals surface area contributed by atoms with Gasteiger partial charge in [0.15, 0.2) is 0 Å². The molecule has 0 aromatic carbocycles. The highest BCUT2D eigenvalue weighted by atomic mass is 35.5. The van der Waals surface area contributed by atoms with Gasteiger partial charge in [-0.2, -0.15) is 4.31 Å². The summed E-state index contributed by atoms with van der Waals surface area (Å²) in [6.07, 6.45) is 3.03. The Kier molecular flexibility index (Phi) is 6.23. The van der Waals surface area contributed by atoms with E-state index in [1.54, 1.807) is 7.05 Å². The zero-order chi connectivity index (χ0) is 15.3. The standard InChI is InChI=1S/C13H22ClN3O2S/c1-5-7-15-13-12(14)8-11(9-16-13)20(18,19)17(4)10(3)6-2/h8-10H,5-7H2,1-4H3,(H,15,16). The van der Waals surface area contributed by atoms with Gasteiger partial charge in [-0.05, 0) is 25.8 Å². The largest absolute Gasteiger partial charge is 0.369 e. The molecule has 0 fully saturated rings. The van der Waals surface area contributed by atoms with Gasteiger partial charge in [0, 0.05) is 25.8 Å². The Hall–Kier alpha value is -0.850. The van der Waals surface area contributed by atoms with E-state index in [1.807, 2.05) is 20.8 Å². The Morgan fingerprint density at radius 3 is 2.60 bits per heavy atom. The number of rotatable bonds is 7. The van der Waals surface area contributed by atoms with Gasteiger partial charge in [-0.1, -0.05) is 25.4 Å². The maximum Gasteiger partial charge on any atom is 0.244 e. The highest BCUT2D eigenvalue weighted by Crippen LogP contribution is 2.25. The van der Waals surface area contributed by atoms with Crippen LogP contribution in [0.25, 0.3) is 0 Å². The van der Waals surface area contributed by atoms with Crippen LogP contribution >= 0.6 is 11.6 Å². The lowest BCUT2D eigenvalue weighted by Gasteiger charge is -2.23. The second-order valence-electron chi connectivity index (χ2n) is 4.71. The number of halogens is 1. The van der Waals surface area contributed by atoms with Crippen molar-refractivity contribution in [2.45, 2.75) is 44.6 Å². The van der Waals surface area contributed by atoms with Gasteiger partial charge in [0.1, 0.15) is 10.7 Å². The summed E-state index contributed by atoms with van der Waals surface area (Å²) in [5.41, 5.74) is 0. The molecular formula is C13H22ClN3O2S. The molecule has 20 heavy (non-hydrogen) atoms. The summed E-state index contributed by atoms with van der Waals surface area (Å²) < 4.78 is 26.2. The van der Waals surface area contributed by atoms with Crippen molar-refractivity contribution in [3.8, 4) is 0 Å². The van der Waals surface area contributed by atoms with Gasteiger partial charge >= 0.3 is 0 Å². The number of anilines is 1. The van der Waals surface area contributed by atoms with Gasteiger partial charge in [0.2, 0.25) is 10.0 Å². The van der Waals surface area contributed by atoms with Crippen LogP contribution in [0.3, 0.4) is 0 Å². The molecule has 1 N–H and O–H groups in total. The molecule has 0 amide bonds. The molecule has 0 bridgehead atoms. The molecule has 0 aliphatic rings. The topological polar surface area (TPSA) is 62.3 Å². The molecule has 0 spiro atoms. The Bertz CT molecular complexity index is 549. The van der Waals surface area contributed by atoms with Gasteiger partial charge in [-0.25, -0.2) is 13.4 Å². The number of nitrogens with zero attached hydrogens (tertiary/aromatic N) is 2. The summed E-state index contributed by atoms with van der Waals surface area (Å²) in [7, 11) is -1.98. The van der Waals surface area contributed by atoms with Gasteiger partial charge < -0.3 is 5.32 Å².